The first-order chi connectivity index (χ1) is 16.3. The number of nitrogens with zero attached hydrogens (tertiary/aromatic N) is 6. The summed E-state index contributed by atoms with van der Waals surface area (Å²) in [7, 11) is 0. The highest BCUT2D eigenvalue weighted by Gasteiger charge is 2.42. The molecule has 2 aromatic heterocycles. The second-order valence-corrected chi connectivity index (χ2v) is 9.82. The van der Waals surface area contributed by atoms with Crippen molar-refractivity contribution in [2.24, 2.45) is 0 Å². The van der Waals surface area contributed by atoms with Crippen LogP contribution in [0.2, 0.25) is 0 Å². The first kappa shape index (κ1) is 22.8. The molecule has 2 aromatic carbocycles. The first-order valence-electron chi connectivity index (χ1n) is 11.2. The number of aromatic nitrogens is 4. The molecular formula is C24H26F2N6OS. The van der Waals surface area contributed by atoms with Gasteiger partial charge in [-0.3, -0.25) is 4.90 Å². The number of rotatable bonds is 6. The molecule has 0 radical (unpaired) electrons. The monoisotopic (exact) mass is 484 g/mol. The summed E-state index contributed by atoms with van der Waals surface area (Å²) >= 11 is 1.68. The van der Waals surface area contributed by atoms with E-state index in [4.69, 9.17) is 4.98 Å². The predicted octanol–water partition coefficient (Wildman–Crippen LogP) is 3.57. The Morgan fingerprint density at radius 3 is 2.62 bits per heavy atom. The van der Waals surface area contributed by atoms with E-state index in [0.29, 0.717) is 13.1 Å². The maximum atomic E-state index is 14.8. The minimum Gasteiger partial charge on any atom is -0.381 e. The Bertz CT molecular complexity index is 1290. The number of piperazine rings is 1. The zero-order valence-corrected chi connectivity index (χ0v) is 19.8. The van der Waals surface area contributed by atoms with Crippen LogP contribution in [0.5, 0.6) is 0 Å². The van der Waals surface area contributed by atoms with Gasteiger partial charge in [0, 0.05) is 43.9 Å². The lowest BCUT2D eigenvalue weighted by molar-refractivity contribution is -0.0650. The zero-order chi connectivity index (χ0) is 23.9. The van der Waals surface area contributed by atoms with E-state index < -0.39 is 23.3 Å². The third kappa shape index (κ3) is 4.28. The summed E-state index contributed by atoms with van der Waals surface area (Å²) < 4.78 is 31.1. The van der Waals surface area contributed by atoms with E-state index >= 15 is 0 Å². The quantitative estimate of drug-likeness (QED) is 0.451. The van der Waals surface area contributed by atoms with Gasteiger partial charge in [0.2, 0.25) is 0 Å². The largest absolute Gasteiger partial charge is 0.381 e. The zero-order valence-electron chi connectivity index (χ0n) is 19.0. The fourth-order valence-electron chi connectivity index (χ4n) is 4.60. The molecule has 0 bridgehead atoms. The van der Waals surface area contributed by atoms with E-state index in [1.165, 1.54) is 39.7 Å². The van der Waals surface area contributed by atoms with Gasteiger partial charge in [-0.15, -0.1) is 0 Å². The highest BCUT2D eigenvalue weighted by Crippen LogP contribution is 2.34. The minimum atomic E-state index is -1.64. The lowest BCUT2D eigenvalue weighted by atomic mass is 9.85. The van der Waals surface area contributed by atoms with Crippen LogP contribution < -0.4 is 4.90 Å². The van der Waals surface area contributed by atoms with Crippen LogP contribution in [0.3, 0.4) is 0 Å². The predicted molar refractivity (Wildman–Crippen MR) is 128 cm³/mol. The lowest BCUT2D eigenvalue weighted by Gasteiger charge is -2.44. The minimum absolute atomic E-state index is 0.00580. The number of aliphatic hydroxyl groups is 1. The van der Waals surface area contributed by atoms with E-state index in [2.05, 4.69) is 38.9 Å². The Kier molecular flexibility index (Phi) is 6.05. The molecule has 178 valence electrons. The number of thiazole rings is 1. The van der Waals surface area contributed by atoms with Gasteiger partial charge in [-0.1, -0.05) is 23.5 Å². The van der Waals surface area contributed by atoms with Crippen molar-refractivity contribution in [3.8, 4) is 0 Å². The van der Waals surface area contributed by atoms with Crippen LogP contribution in [0.1, 0.15) is 18.1 Å². The Morgan fingerprint density at radius 1 is 1.12 bits per heavy atom. The SMILES string of the molecule is Cc1ccc2nc(N3CCN(C(C)C(O)(Cn4cncn4)c4ccc(F)cc4F)CC3)sc2c1. The maximum absolute atomic E-state index is 14.8. The average Bonchev–Trinajstić information content (AvgIpc) is 3.48. The summed E-state index contributed by atoms with van der Waals surface area (Å²) in [5.74, 6) is -1.46. The molecule has 7 nitrogen and oxygen atoms in total. The Labute approximate surface area is 200 Å². The third-order valence-electron chi connectivity index (χ3n) is 6.62. The lowest BCUT2D eigenvalue weighted by Crippen LogP contribution is -2.57. The molecule has 4 aromatic rings. The van der Waals surface area contributed by atoms with E-state index in [9.17, 15) is 13.9 Å². The van der Waals surface area contributed by atoms with Crippen molar-refractivity contribution in [1.82, 2.24) is 24.6 Å². The molecule has 2 unspecified atom stereocenters. The molecule has 0 aliphatic carbocycles. The Hall–Kier alpha value is -2.95. The van der Waals surface area contributed by atoms with Crippen molar-refractivity contribution in [3.05, 3.63) is 71.8 Å². The van der Waals surface area contributed by atoms with Crippen molar-refractivity contribution in [2.75, 3.05) is 31.1 Å². The summed E-state index contributed by atoms with van der Waals surface area (Å²) in [6, 6.07) is 9.09. The van der Waals surface area contributed by atoms with Crippen LogP contribution in [-0.2, 0) is 12.1 Å². The Balaban J connectivity index is 1.37. The second kappa shape index (κ2) is 9.01. The van der Waals surface area contributed by atoms with Crippen LogP contribution in [0, 0.1) is 18.6 Å². The van der Waals surface area contributed by atoms with E-state index in [0.717, 1.165) is 29.8 Å². The summed E-state index contributed by atoms with van der Waals surface area (Å²) in [5.41, 5.74) is 0.610. The summed E-state index contributed by atoms with van der Waals surface area (Å²) in [5, 5.41) is 16.9. The molecule has 1 fully saturated rings. The van der Waals surface area contributed by atoms with Gasteiger partial charge in [0.25, 0.3) is 0 Å². The standard InChI is InChI=1S/C24H26F2N6OS/c1-16-3-6-21-22(11-16)34-23(29-21)31-9-7-30(8-10-31)17(2)24(33,13-32-15-27-14-28-32)19-5-4-18(25)12-20(19)26/h3-6,11-12,14-15,17,33H,7-10,13H2,1-2H3. The average molecular weight is 485 g/mol. The first-order valence-corrected chi connectivity index (χ1v) is 12.0. The molecule has 34 heavy (non-hydrogen) atoms. The van der Waals surface area contributed by atoms with Crippen molar-refractivity contribution in [1.29, 1.82) is 0 Å². The van der Waals surface area contributed by atoms with Gasteiger partial charge < -0.3 is 10.0 Å². The second-order valence-electron chi connectivity index (χ2n) is 8.81. The fraction of sp³-hybridized carbons (Fsp3) is 0.375. The van der Waals surface area contributed by atoms with Gasteiger partial charge in [0.15, 0.2) is 5.13 Å². The van der Waals surface area contributed by atoms with Gasteiger partial charge >= 0.3 is 0 Å². The molecule has 0 amide bonds. The highest BCUT2D eigenvalue weighted by molar-refractivity contribution is 7.22. The molecular weight excluding hydrogens is 458 g/mol. The highest BCUT2D eigenvalue weighted by atomic mass is 32.1. The number of anilines is 1. The molecule has 2 atom stereocenters. The summed E-state index contributed by atoms with van der Waals surface area (Å²) in [6.45, 7) is 6.73. The number of hydrogen-bond donors (Lipinski definition) is 1. The Morgan fingerprint density at radius 2 is 1.91 bits per heavy atom. The number of benzene rings is 2. The topological polar surface area (TPSA) is 70.3 Å². The van der Waals surface area contributed by atoms with Gasteiger partial charge in [-0.2, -0.15) is 5.10 Å². The van der Waals surface area contributed by atoms with Crippen LogP contribution in [-0.4, -0.2) is 62.0 Å². The summed E-state index contributed by atoms with van der Waals surface area (Å²) in [4.78, 5) is 13.1. The van der Waals surface area contributed by atoms with Crippen LogP contribution in [0.25, 0.3) is 10.2 Å². The molecule has 1 aliphatic heterocycles. The van der Waals surface area contributed by atoms with E-state index in [1.807, 2.05) is 13.0 Å². The van der Waals surface area contributed by atoms with Crippen molar-refractivity contribution in [2.45, 2.75) is 32.0 Å². The number of hydrogen-bond acceptors (Lipinski definition) is 7. The molecule has 0 spiro atoms. The van der Waals surface area contributed by atoms with Gasteiger partial charge in [-0.25, -0.2) is 23.4 Å². The molecule has 1 saturated heterocycles. The third-order valence-corrected chi connectivity index (χ3v) is 7.70. The van der Waals surface area contributed by atoms with Gasteiger partial charge in [-0.05, 0) is 37.6 Å². The summed E-state index contributed by atoms with van der Waals surface area (Å²) in [6.07, 6.45) is 2.84. The van der Waals surface area contributed by atoms with Crippen molar-refractivity contribution < 1.29 is 13.9 Å². The molecule has 5 rings (SSSR count). The van der Waals surface area contributed by atoms with Crippen LogP contribution in [0.4, 0.5) is 13.9 Å². The molecule has 1 aliphatic rings. The molecule has 1 N–H and O–H groups in total. The van der Waals surface area contributed by atoms with Crippen molar-refractivity contribution >= 4 is 26.7 Å². The van der Waals surface area contributed by atoms with E-state index in [-0.39, 0.29) is 12.1 Å². The molecule has 0 saturated carbocycles. The maximum Gasteiger partial charge on any atom is 0.186 e. The van der Waals surface area contributed by atoms with Crippen LogP contribution >= 0.6 is 11.3 Å². The number of aryl methyl sites for hydroxylation is 1. The fourth-order valence-corrected chi connectivity index (χ4v) is 5.72. The van der Waals surface area contributed by atoms with Gasteiger partial charge in [0.1, 0.15) is 29.9 Å². The van der Waals surface area contributed by atoms with E-state index in [1.54, 1.807) is 11.3 Å². The van der Waals surface area contributed by atoms with Gasteiger partial charge in [0.05, 0.1) is 16.8 Å². The molecule has 3 heterocycles. The normalized spacial score (nSPS) is 17.7. The number of halogens is 2. The molecule has 10 heteroatoms. The smallest absolute Gasteiger partial charge is 0.186 e. The van der Waals surface area contributed by atoms with Crippen molar-refractivity contribution in [3.63, 3.8) is 0 Å². The number of fused-ring (bicyclic) bond motifs is 1. The van der Waals surface area contributed by atoms with Crippen LogP contribution in [0.15, 0.2) is 49.1 Å².